The average molecular weight is 575 g/mol. The van der Waals surface area contributed by atoms with Crippen LogP contribution < -0.4 is 0 Å². The number of carbonyl (C=O) groups excluding carboxylic acids is 1. The number of allylic oxidation sites excluding steroid dienone is 1. The summed E-state index contributed by atoms with van der Waals surface area (Å²) in [5, 5.41) is 0. The Morgan fingerprint density at radius 3 is 2.47 bits per heavy atom. The van der Waals surface area contributed by atoms with Crippen molar-refractivity contribution in [3.8, 4) is 0 Å². The third-order valence-electron chi connectivity index (χ3n) is 11.2. The molecule has 5 rings (SSSR count). The fourth-order valence-electron chi connectivity index (χ4n) is 9.44. The predicted octanol–water partition coefficient (Wildman–Crippen LogP) is 8.50. The molecule has 2 nitrogen and oxygen atoms in total. The number of rotatable bonds is 4. The van der Waals surface area contributed by atoms with Gasteiger partial charge in [-0.1, -0.05) is 87.1 Å². The molecule has 4 aliphatic carbocycles. The topological polar surface area (TPSA) is 26.3 Å². The first kappa shape index (κ1) is 24.8. The highest BCUT2D eigenvalue weighted by Gasteiger charge is 2.61. The molecule has 3 saturated carbocycles. The molecule has 0 unspecified atom stereocenters. The zero-order chi connectivity index (χ0) is 24.3. The fourth-order valence-corrected chi connectivity index (χ4v) is 10.1. The van der Waals surface area contributed by atoms with E-state index in [9.17, 15) is 4.79 Å². The van der Waals surface area contributed by atoms with Gasteiger partial charge in [-0.15, -0.1) is 0 Å². The van der Waals surface area contributed by atoms with Crippen molar-refractivity contribution in [2.24, 2.45) is 45.8 Å². The summed E-state index contributed by atoms with van der Waals surface area (Å²) in [6.45, 7) is 12.4. The Morgan fingerprint density at radius 2 is 1.76 bits per heavy atom. The summed E-state index contributed by atoms with van der Waals surface area (Å²) in [7, 11) is 0. The standard InChI is InChI=1S/C31H43IO2/c1-20(19-32)23-12-13-24-22-11-14-26-29(2,3)27(34-28(33)21-9-7-6-8-10-21)16-18-31(26,5)25(22)15-17-30(23,24)4/h6-10,14,20,22-25,27H,11-13,15-19H2,1-5H3/t20-,22+,23-,24+,25+,27+,30-,31-/m1/s1. The number of alkyl halides is 1. The lowest BCUT2D eigenvalue weighted by Gasteiger charge is -2.61. The van der Waals surface area contributed by atoms with Gasteiger partial charge in [-0.25, -0.2) is 4.79 Å². The minimum absolute atomic E-state index is 0.0506. The van der Waals surface area contributed by atoms with E-state index in [1.807, 2.05) is 30.3 Å². The van der Waals surface area contributed by atoms with E-state index in [0.717, 1.165) is 42.4 Å². The van der Waals surface area contributed by atoms with Crippen LogP contribution in [0.1, 0.15) is 89.9 Å². The van der Waals surface area contributed by atoms with Crippen molar-refractivity contribution in [2.45, 2.75) is 85.7 Å². The third-order valence-corrected chi connectivity index (χ3v) is 12.5. The lowest BCUT2D eigenvalue weighted by atomic mass is 9.44. The second-order valence-electron chi connectivity index (χ2n) is 13.0. The summed E-state index contributed by atoms with van der Waals surface area (Å²) >= 11 is 2.61. The zero-order valence-electron chi connectivity index (χ0n) is 21.8. The van der Waals surface area contributed by atoms with Crippen LogP contribution in [0.15, 0.2) is 42.0 Å². The number of halogens is 1. The largest absolute Gasteiger partial charge is 0.458 e. The molecule has 3 heteroatoms. The van der Waals surface area contributed by atoms with Crippen molar-refractivity contribution in [3.05, 3.63) is 47.5 Å². The van der Waals surface area contributed by atoms with E-state index < -0.39 is 0 Å². The molecule has 0 radical (unpaired) electrons. The molecule has 0 heterocycles. The van der Waals surface area contributed by atoms with Crippen molar-refractivity contribution >= 4 is 28.6 Å². The monoisotopic (exact) mass is 574 g/mol. The summed E-state index contributed by atoms with van der Waals surface area (Å²) < 4.78 is 7.47. The SMILES string of the molecule is C[C@H](CI)[C@H]1CC[C@H]2[C@@H]3CC=C4C(C)(C)[C@@H](OC(=O)c5ccccc5)CC[C@]4(C)[C@H]3CC[C@]12C. The van der Waals surface area contributed by atoms with Gasteiger partial charge in [-0.3, -0.25) is 0 Å². The first-order chi connectivity index (χ1) is 16.1. The highest BCUT2D eigenvalue weighted by atomic mass is 127. The van der Waals surface area contributed by atoms with Gasteiger partial charge in [0.1, 0.15) is 6.10 Å². The van der Waals surface area contributed by atoms with Gasteiger partial charge in [0.2, 0.25) is 0 Å². The zero-order valence-corrected chi connectivity index (χ0v) is 23.9. The number of ether oxygens (including phenoxy) is 1. The Labute approximate surface area is 220 Å². The molecule has 0 saturated heterocycles. The van der Waals surface area contributed by atoms with Crippen LogP contribution in [0.2, 0.25) is 0 Å². The molecule has 4 aliphatic rings. The molecular weight excluding hydrogens is 531 g/mol. The third kappa shape index (κ3) is 3.73. The number of esters is 1. The maximum absolute atomic E-state index is 12.9. The van der Waals surface area contributed by atoms with E-state index in [1.165, 1.54) is 36.5 Å². The second-order valence-corrected chi connectivity index (χ2v) is 13.9. The molecule has 34 heavy (non-hydrogen) atoms. The average Bonchev–Trinajstić information content (AvgIpc) is 3.18. The predicted molar refractivity (Wildman–Crippen MR) is 148 cm³/mol. The van der Waals surface area contributed by atoms with Crippen molar-refractivity contribution in [3.63, 3.8) is 0 Å². The smallest absolute Gasteiger partial charge is 0.338 e. The lowest BCUT2D eigenvalue weighted by molar-refractivity contribution is -0.0817. The summed E-state index contributed by atoms with van der Waals surface area (Å²) in [5.41, 5.74) is 2.91. The number of hydrogen-bond donors (Lipinski definition) is 0. The quantitative estimate of drug-likeness (QED) is 0.156. The Morgan fingerprint density at radius 1 is 1.03 bits per heavy atom. The summed E-state index contributed by atoms with van der Waals surface area (Å²) in [5.74, 6) is 4.06. The van der Waals surface area contributed by atoms with Gasteiger partial charge in [0.25, 0.3) is 0 Å². The molecule has 0 aromatic heterocycles. The summed E-state index contributed by atoms with van der Waals surface area (Å²) in [6.07, 6.45) is 11.6. The van der Waals surface area contributed by atoms with Crippen LogP contribution in [0.5, 0.6) is 0 Å². The molecule has 1 aromatic rings. The summed E-state index contributed by atoms with van der Waals surface area (Å²) in [4.78, 5) is 12.9. The van der Waals surface area contributed by atoms with E-state index in [1.54, 1.807) is 5.57 Å². The van der Waals surface area contributed by atoms with Crippen molar-refractivity contribution < 1.29 is 9.53 Å². The van der Waals surface area contributed by atoms with Crippen LogP contribution in [0.3, 0.4) is 0 Å². The van der Waals surface area contributed by atoms with Crippen LogP contribution >= 0.6 is 22.6 Å². The first-order valence-electron chi connectivity index (χ1n) is 13.7. The minimum Gasteiger partial charge on any atom is -0.458 e. The van der Waals surface area contributed by atoms with E-state index in [0.29, 0.717) is 11.0 Å². The second kappa shape index (κ2) is 8.92. The van der Waals surface area contributed by atoms with E-state index in [4.69, 9.17) is 4.74 Å². The van der Waals surface area contributed by atoms with Crippen LogP contribution in [0.25, 0.3) is 0 Å². The van der Waals surface area contributed by atoms with Crippen LogP contribution in [0, 0.1) is 45.8 Å². The molecule has 0 amide bonds. The lowest BCUT2D eigenvalue weighted by Crippen LogP contribution is -2.55. The van der Waals surface area contributed by atoms with E-state index in [2.05, 4.69) is 63.3 Å². The molecule has 3 fully saturated rings. The molecule has 0 spiro atoms. The minimum atomic E-state index is -0.175. The Kier molecular flexibility index (Phi) is 6.52. The molecule has 186 valence electrons. The van der Waals surface area contributed by atoms with Crippen molar-refractivity contribution in [1.29, 1.82) is 0 Å². The van der Waals surface area contributed by atoms with Gasteiger partial charge in [-0.05, 0) is 97.5 Å². The van der Waals surface area contributed by atoms with Gasteiger partial charge >= 0.3 is 5.97 Å². The molecule has 1 aromatic carbocycles. The Balaban J connectivity index is 1.39. The number of hydrogen-bond acceptors (Lipinski definition) is 2. The number of benzene rings is 1. The highest BCUT2D eigenvalue weighted by molar-refractivity contribution is 14.1. The maximum Gasteiger partial charge on any atom is 0.338 e. The van der Waals surface area contributed by atoms with Gasteiger partial charge in [0.15, 0.2) is 0 Å². The normalized spacial score (nSPS) is 41.5. The maximum atomic E-state index is 12.9. The Hall–Kier alpha value is -0.840. The van der Waals surface area contributed by atoms with Gasteiger partial charge in [-0.2, -0.15) is 0 Å². The summed E-state index contributed by atoms with van der Waals surface area (Å²) in [6, 6.07) is 9.49. The molecule has 8 atom stereocenters. The molecular formula is C31H43IO2. The van der Waals surface area contributed by atoms with Crippen molar-refractivity contribution in [1.82, 2.24) is 0 Å². The number of fused-ring (bicyclic) bond motifs is 5. The first-order valence-corrected chi connectivity index (χ1v) is 15.2. The highest BCUT2D eigenvalue weighted by Crippen LogP contribution is 2.69. The Bertz CT molecular complexity index is 951. The van der Waals surface area contributed by atoms with Gasteiger partial charge < -0.3 is 4.74 Å². The van der Waals surface area contributed by atoms with Gasteiger partial charge in [0.05, 0.1) is 5.56 Å². The van der Waals surface area contributed by atoms with Crippen LogP contribution in [0.4, 0.5) is 0 Å². The van der Waals surface area contributed by atoms with Crippen LogP contribution in [-0.2, 0) is 4.74 Å². The van der Waals surface area contributed by atoms with E-state index in [-0.39, 0.29) is 22.9 Å². The number of carbonyl (C=O) groups is 1. The van der Waals surface area contributed by atoms with Gasteiger partial charge in [0, 0.05) is 9.84 Å². The molecule has 0 N–H and O–H groups in total. The molecule has 0 aliphatic heterocycles. The fraction of sp³-hybridized carbons (Fsp3) is 0.710. The molecule has 0 bridgehead atoms. The van der Waals surface area contributed by atoms with E-state index >= 15 is 0 Å². The van der Waals surface area contributed by atoms with Crippen LogP contribution in [-0.4, -0.2) is 16.5 Å². The van der Waals surface area contributed by atoms with Crippen molar-refractivity contribution in [2.75, 3.05) is 4.43 Å².